The van der Waals surface area contributed by atoms with E-state index in [4.69, 9.17) is 0 Å². The Morgan fingerprint density at radius 3 is 2.56 bits per heavy atom. The number of carbonyl (C=O) groups is 2. The van der Waals surface area contributed by atoms with E-state index < -0.39 is 0 Å². The topological polar surface area (TPSA) is 91.1 Å². The molecule has 0 bridgehead atoms. The van der Waals surface area contributed by atoms with E-state index in [0.717, 1.165) is 10.9 Å². The van der Waals surface area contributed by atoms with Gasteiger partial charge in [0.25, 0.3) is 5.56 Å². The number of hydrogen-bond acceptors (Lipinski definition) is 3. The number of hydrogen-bond donors (Lipinski definition) is 3. The Morgan fingerprint density at radius 2 is 1.88 bits per heavy atom. The number of pyridine rings is 1. The fourth-order valence-electron chi connectivity index (χ4n) is 2.59. The van der Waals surface area contributed by atoms with Crippen LogP contribution >= 0.6 is 0 Å². The molecule has 0 saturated heterocycles. The first kappa shape index (κ1) is 18.7. The SMILES string of the molecule is CC(=O)NCCC(=O)NCCc1cc2cc(C(C)C)ccc2[nH]c1=O. The number of carbonyl (C=O) groups excluding carboxylic acids is 2. The van der Waals surface area contributed by atoms with Crippen molar-refractivity contribution >= 4 is 22.7 Å². The average Bonchev–Trinajstić information content (AvgIpc) is 2.54. The first-order chi connectivity index (χ1) is 11.9. The minimum Gasteiger partial charge on any atom is -0.356 e. The van der Waals surface area contributed by atoms with Gasteiger partial charge in [0.1, 0.15) is 0 Å². The molecule has 0 radical (unpaired) electrons. The Kier molecular flexibility index (Phi) is 6.33. The normalized spacial score (nSPS) is 10.9. The predicted octanol–water partition coefficient (Wildman–Crippen LogP) is 1.84. The molecule has 134 valence electrons. The van der Waals surface area contributed by atoms with Crippen molar-refractivity contribution in [2.75, 3.05) is 13.1 Å². The van der Waals surface area contributed by atoms with Crippen molar-refractivity contribution in [2.24, 2.45) is 0 Å². The number of H-pyrrole nitrogens is 1. The third-order valence-corrected chi connectivity index (χ3v) is 4.05. The van der Waals surface area contributed by atoms with Gasteiger partial charge in [-0.25, -0.2) is 0 Å². The summed E-state index contributed by atoms with van der Waals surface area (Å²) in [5.41, 5.74) is 2.56. The van der Waals surface area contributed by atoms with Gasteiger partial charge in [-0.2, -0.15) is 0 Å². The third-order valence-electron chi connectivity index (χ3n) is 4.05. The highest BCUT2D eigenvalue weighted by Gasteiger charge is 2.07. The minimum atomic E-state index is -0.156. The molecule has 0 saturated carbocycles. The summed E-state index contributed by atoms with van der Waals surface area (Å²) in [6, 6.07) is 7.94. The third kappa shape index (κ3) is 5.45. The molecule has 1 aromatic heterocycles. The Labute approximate surface area is 147 Å². The Bertz CT molecular complexity index is 824. The maximum atomic E-state index is 12.2. The van der Waals surface area contributed by atoms with Gasteiger partial charge < -0.3 is 15.6 Å². The number of aromatic amines is 1. The van der Waals surface area contributed by atoms with Crippen molar-refractivity contribution in [3.05, 3.63) is 45.7 Å². The molecule has 3 N–H and O–H groups in total. The van der Waals surface area contributed by atoms with Crippen molar-refractivity contribution in [2.45, 2.75) is 39.5 Å². The Hall–Kier alpha value is -2.63. The number of aromatic nitrogens is 1. The number of rotatable bonds is 7. The molecule has 0 fully saturated rings. The zero-order valence-corrected chi connectivity index (χ0v) is 14.9. The molecule has 0 unspecified atom stereocenters. The quantitative estimate of drug-likeness (QED) is 0.716. The van der Waals surface area contributed by atoms with Crippen LogP contribution in [0.3, 0.4) is 0 Å². The summed E-state index contributed by atoms with van der Waals surface area (Å²) in [6.45, 7) is 6.37. The molecule has 0 atom stereocenters. The monoisotopic (exact) mass is 343 g/mol. The number of amides is 2. The first-order valence-electron chi connectivity index (χ1n) is 8.54. The first-order valence-corrected chi connectivity index (χ1v) is 8.54. The number of nitrogens with one attached hydrogen (secondary N) is 3. The molecule has 6 heteroatoms. The maximum absolute atomic E-state index is 12.2. The standard InChI is InChI=1S/C19H25N3O3/c1-12(2)14-4-5-17-16(10-14)11-15(19(25)22-17)6-8-21-18(24)7-9-20-13(3)23/h4-5,10-12H,6-9H2,1-3H3,(H,20,23)(H,21,24)(H,22,25). The highest BCUT2D eigenvalue weighted by atomic mass is 16.2. The number of benzene rings is 1. The van der Waals surface area contributed by atoms with Gasteiger partial charge in [0.05, 0.1) is 0 Å². The summed E-state index contributed by atoms with van der Waals surface area (Å²) in [5, 5.41) is 6.34. The van der Waals surface area contributed by atoms with Crippen LogP contribution in [0.4, 0.5) is 0 Å². The van der Waals surface area contributed by atoms with E-state index in [9.17, 15) is 14.4 Å². The van der Waals surface area contributed by atoms with Crippen molar-refractivity contribution in [3.8, 4) is 0 Å². The van der Waals surface area contributed by atoms with E-state index >= 15 is 0 Å². The van der Waals surface area contributed by atoms with Gasteiger partial charge in [-0.15, -0.1) is 0 Å². The molecule has 6 nitrogen and oxygen atoms in total. The number of fused-ring (bicyclic) bond motifs is 1. The zero-order chi connectivity index (χ0) is 18.4. The average molecular weight is 343 g/mol. The van der Waals surface area contributed by atoms with Crippen molar-refractivity contribution in [1.29, 1.82) is 0 Å². The van der Waals surface area contributed by atoms with Crippen LogP contribution in [-0.2, 0) is 16.0 Å². The highest BCUT2D eigenvalue weighted by molar-refractivity contribution is 5.80. The molecule has 0 aliphatic rings. The fourth-order valence-corrected chi connectivity index (χ4v) is 2.59. The van der Waals surface area contributed by atoms with Crippen LogP contribution < -0.4 is 16.2 Å². The van der Waals surface area contributed by atoms with Crippen LogP contribution in [0, 0.1) is 0 Å². The summed E-state index contributed by atoms with van der Waals surface area (Å²) in [6.07, 6.45) is 0.689. The lowest BCUT2D eigenvalue weighted by Crippen LogP contribution is -2.31. The lowest BCUT2D eigenvalue weighted by atomic mass is 10.0. The molecule has 0 aliphatic carbocycles. The van der Waals surface area contributed by atoms with Gasteiger partial charge in [0.15, 0.2) is 0 Å². The smallest absolute Gasteiger partial charge is 0.251 e. The van der Waals surface area contributed by atoms with Crippen LogP contribution in [0.2, 0.25) is 0 Å². The van der Waals surface area contributed by atoms with Gasteiger partial charge in [-0.1, -0.05) is 19.9 Å². The van der Waals surface area contributed by atoms with Crippen LogP contribution in [0.5, 0.6) is 0 Å². The molecule has 2 amide bonds. The molecule has 1 aromatic carbocycles. The minimum absolute atomic E-state index is 0.128. The van der Waals surface area contributed by atoms with E-state index in [1.807, 2.05) is 18.2 Å². The lowest BCUT2D eigenvalue weighted by Gasteiger charge is -2.09. The lowest BCUT2D eigenvalue weighted by molar-refractivity contribution is -0.121. The van der Waals surface area contributed by atoms with Gasteiger partial charge in [-0.3, -0.25) is 14.4 Å². The summed E-state index contributed by atoms with van der Waals surface area (Å²) < 4.78 is 0. The Balaban J connectivity index is 1.98. The molecular formula is C19H25N3O3. The highest BCUT2D eigenvalue weighted by Crippen LogP contribution is 2.20. The fraction of sp³-hybridized carbons (Fsp3) is 0.421. The van der Waals surface area contributed by atoms with Gasteiger partial charge in [0, 0.05) is 37.5 Å². The van der Waals surface area contributed by atoms with Crippen molar-refractivity contribution in [3.63, 3.8) is 0 Å². The second-order valence-corrected chi connectivity index (χ2v) is 6.46. The van der Waals surface area contributed by atoms with Crippen LogP contribution in [0.15, 0.2) is 29.1 Å². The van der Waals surface area contributed by atoms with Crippen molar-refractivity contribution < 1.29 is 9.59 Å². The van der Waals surface area contributed by atoms with E-state index in [0.29, 0.717) is 31.0 Å². The Morgan fingerprint density at radius 1 is 1.12 bits per heavy atom. The van der Waals surface area contributed by atoms with Gasteiger partial charge >= 0.3 is 0 Å². The molecule has 1 heterocycles. The van der Waals surface area contributed by atoms with Crippen LogP contribution in [0.25, 0.3) is 10.9 Å². The predicted molar refractivity (Wildman–Crippen MR) is 98.7 cm³/mol. The molecule has 2 rings (SSSR count). The van der Waals surface area contributed by atoms with Crippen molar-refractivity contribution in [1.82, 2.24) is 15.6 Å². The van der Waals surface area contributed by atoms with E-state index in [2.05, 4.69) is 35.5 Å². The zero-order valence-electron chi connectivity index (χ0n) is 14.9. The van der Waals surface area contributed by atoms with Gasteiger partial charge in [-0.05, 0) is 41.5 Å². The summed E-state index contributed by atoms with van der Waals surface area (Å²) >= 11 is 0. The van der Waals surface area contributed by atoms with E-state index in [1.54, 1.807) is 0 Å². The van der Waals surface area contributed by atoms with Gasteiger partial charge in [0.2, 0.25) is 11.8 Å². The van der Waals surface area contributed by atoms with Crippen LogP contribution in [-0.4, -0.2) is 29.9 Å². The second-order valence-electron chi connectivity index (χ2n) is 6.46. The summed E-state index contributed by atoms with van der Waals surface area (Å²) in [4.78, 5) is 37.5. The maximum Gasteiger partial charge on any atom is 0.251 e. The second kappa shape index (κ2) is 8.46. The summed E-state index contributed by atoms with van der Waals surface area (Å²) in [7, 11) is 0. The molecule has 2 aromatic rings. The van der Waals surface area contributed by atoms with Crippen LogP contribution in [0.1, 0.15) is 44.2 Å². The van der Waals surface area contributed by atoms with E-state index in [1.165, 1.54) is 12.5 Å². The largest absolute Gasteiger partial charge is 0.356 e. The summed E-state index contributed by atoms with van der Waals surface area (Å²) in [5.74, 6) is 0.118. The van der Waals surface area contributed by atoms with E-state index in [-0.39, 0.29) is 23.8 Å². The molecule has 0 spiro atoms. The molecule has 25 heavy (non-hydrogen) atoms. The molecular weight excluding hydrogens is 318 g/mol. The molecule has 0 aliphatic heterocycles.